The lowest BCUT2D eigenvalue weighted by Gasteiger charge is -2.22. The van der Waals surface area contributed by atoms with Crippen LogP contribution in [0, 0.1) is 3.57 Å². The molecule has 0 unspecified atom stereocenters. The molecule has 0 aliphatic heterocycles. The van der Waals surface area contributed by atoms with Crippen LogP contribution in [-0.4, -0.2) is 31.8 Å². The van der Waals surface area contributed by atoms with Crippen molar-refractivity contribution < 1.29 is 14.3 Å². The predicted octanol–water partition coefficient (Wildman–Crippen LogP) is 4.90. The Labute approximate surface area is 201 Å². The zero-order chi connectivity index (χ0) is 22.1. The fourth-order valence-corrected chi connectivity index (χ4v) is 4.36. The molecule has 0 bridgehead atoms. The maximum absolute atomic E-state index is 12.0. The summed E-state index contributed by atoms with van der Waals surface area (Å²) in [5.74, 6) is 1.12. The number of hydrazone groups is 1. The molecule has 0 saturated heterocycles. The van der Waals surface area contributed by atoms with E-state index in [1.165, 1.54) is 19.3 Å². The van der Waals surface area contributed by atoms with Crippen molar-refractivity contribution >= 4 is 46.3 Å². The SMILES string of the molecule is COc1cc(/C=N\NC(=O)CNC2CCCCC2)cc(I)c1OCc1ccc(Cl)cc1. The molecule has 0 atom stereocenters. The van der Waals surface area contributed by atoms with Crippen molar-refractivity contribution in [2.45, 2.75) is 44.8 Å². The molecule has 1 fully saturated rings. The van der Waals surface area contributed by atoms with Crippen LogP contribution in [0.25, 0.3) is 0 Å². The second-order valence-corrected chi connectivity index (χ2v) is 9.06. The fraction of sp³-hybridized carbons (Fsp3) is 0.391. The second kappa shape index (κ2) is 12.3. The minimum atomic E-state index is -0.147. The van der Waals surface area contributed by atoms with Crippen LogP contribution in [0.2, 0.25) is 5.02 Å². The number of hydrogen-bond donors (Lipinski definition) is 2. The van der Waals surface area contributed by atoms with E-state index in [2.05, 4.69) is 38.4 Å². The van der Waals surface area contributed by atoms with Crippen LogP contribution in [-0.2, 0) is 11.4 Å². The molecule has 1 aliphatic rings. The van der Waals surface area contributed by atoms with Gasteiger partial charge in [0.05, 0.1) is 23.4 Å². The van der Waals surface area contributed by atoms with Gasteiger partial charge in [-0.25, -0.2) is 5.43 Å². The highest BCUT2D eigenvalue weighted by atomic mass is 127. The summed E-state index contributed by atoms with van der Waals surface area (Å²) in [4.78, 5) is 12.0. The molecule has 8 heteroatoms. The summed E-state index contributed by atoms with van der Waals surface area (Å²) in [7, 11) is 1.60. The van der Waals surface area contributed by atoms with Crippen molar-refractivity contribution in [3.8, 4) is 11.5 Å². The fourth-order valence-electron chi connectivity index (χ4n) is 3.45. The average Bonchev–Trinajstić information content (AvgIpc) is 2.78. The number of rotatable bonds is 9. The number of amides is 1. The number of benzene rings is 2. The molecule has 2 aromatic rings. The van der Waals surface area contributed by atoms with Gasteiger partial charge in [-0.2, -0.15) is 5.10 Å². The van der Waals surface area contributed by atoms with Gasteiger partial charge in [-0.1, -0.05) is 43.0 Å². The standard InChI is InChI=1S/C23H27ClIN3O3/c1-30-21-12-17(13-27-28-22(29)14-26-19-5-3-2-4-6-19)11-20(25)23(21)31-15-16-7-9-18(24)10-8-16/h7-13,19,26H,2-6,14-15H2,1H3,(H,28,29)/b27-13-. The van der Waals surface area contributed by atoms with E-state index in [4.69, 9.17) is 21.1 Å². The number of carbonyl (C=O) groups excluding carboxylic acids is 1. The smallest absolute Gasteiger partial charge is 0.254 e. The van der Waals surface area contributed by atoms with Crippen LogP contribution in [0.5, 0.6) is 11.5 Å². The third-order valence-corrected chi connectivity index (χ3v) is 6.16. The van der Waals surface area contributed by atoms with E-state index in [0.717, 1.165) is 27.5 Å². The molecule has 3 rings (SSSR count). The summed E-state index contributed by atoms with van der Waals surface area (Å²) in [6.07, 6.45) is 7.64. The highest BCUT2D eigenvalue weighted by Gasteiger charge is 2.14. The van der Waals surface area contributed by atoms with E-state index >= 15 is 0 Å². The first-order valence-corrected chi connectivity index (χ1v) is 11.8. The predicted molar refractivity (Wildman–Crippen MR) is 132 cm³/mol. The van der Waals surface area contributed by atoms with E-state index < -0.39 is 0 Å². The topological polar surface area (TPSA) is 72.0 Å². The molecule has 166 valence electrons. The Balaban J connectivity index is 1.54. The molecular weight excluding hydrogens is 529 g/mol. The van der Waals surface area contributed by atoms with Crippen molar-refractivity contribution in [3.63, 3.8) is 0 Å². The Hall–Kier alpha value is -1.84. The zero-order valence-electron chi connectivity index (χ0n) is 17.5. The number of halogens is 2. The molecular formula is C23H27ClIN3O3. The van der Waals surface area contributed by atoms with E-state index in [1.807, 2.05) is 36.4 Å². The Kier molecular flexibility index (Phi) is 9.42. The van der Waals surface area contributed by atoms with Gasteiger partial charge in [0.15, 0.2) is 11.5 Å². The minimum absolute atomic E-state index is 0.147. The van der Waals surface area contributed by atoms with Crippen LogP contribution in [0.1, 0.15) is 43.2 Å². The largest absolute Gasteiger partial charge is 0.493 e. The molecule has 0 spiro atoms. The van der Waals surface area contributed by atoms with Gasteiger partial charge < -0.3 is 14.8 Å². The molecule has 1 amide bonds. The maximum Gasteiger partial charge on any atom is 0.254 e. The number of methoxy groups -OCH3 is 1. The minimum Gasteiger partial charge on any atom is -0.493 e. The lowest BCUT2D eigenvalue weighted by molar-refractivity contribution is -0.120. The molecule has 2 aromatic carbocycles. The Morgan fingerprint density at radius 1 is 1.23 bits per heavy atom. The quantitative estimate of drug-likeness (QED) is 0.262. The second-order valence-electron chi connectivity index (χ2n) is 7.46. The number of ether oxygens (including phenoxy) is 2. The van der Waals surface area contributed by atoms with Gasteiger partial charge in [-0.05, 0) is 70.8 Å². The van der Waals surface area contributed by atoms with Crippen molar-refractivity contribution in [2.75, 3.05) is 13.7 Å². The summed E-state index contributed by atoms with van der Waals surface area (Å²) in [6.45, 7) is 0.682. The number of nitrogens with zero attached hydrogens (tertiary/aromatic N) is 1. The van der Waals surface area contributed by atoms with Crippen LogP contribution >= 0.6 is 34.2 Å². The monoisotopic (exact) mass is 555 g/mol. The average molecular weight is 556 g/mol. The molecule has 0 heterocycles. The van der Waals surface area contributed by atoms with Gasteiger partial charge in [0, 0.05) is 11.1 Å². The normalized spacial score (nSPS) is 14.5. The third kappa shape index (κ3) is 7.66. The first-order chi connectivity index (χ1) is 15.0. The first kappa shape index (κ1) is 23.8. The summed E-state index contributed by atoms with van der Waals surface area (Å²) in [5.41, 5.74) is 4.39. The Morgan fingerprint density at radius 3 is 2.68 bits per heavy atom. The molecule has 1 aliphatic carbocycles. The maximum atomic E-state index is 12.0. The van der Waals surface area contributed by atoms with Crippen molar-refractivity contribution in [1.29, 1.82) is 0 Å². The van der Waals surface area contributed by atoms with Crippen molar-refractivity contribution in [1.82, 2.24) is 10.7 Å². The van der Waals surface area contributed by atoms with E-state index in [-0.39, 0.29) is 12.5 Å². The summed E-state index contributed by atoms with van der Waals surface area (Å²) < 4.78 is 12.4. The molecule has 31 heavy (non-hydrogen) atoms. The third-order valence-electron chi connectivity index (χ3n) is 5.11. The van der Waals surface area contributed by atoms with Crippen LogP contribution < -0.4 is 20.2 Å². The lowest BCUT2D eigenvalue weighted by atomic mass is 9.95. The Morgan fingerprint density at radius 2 is 1.97 bits per heavy atom. The number of nitrogens with one attached hydrogen (secondary N) is 2. The molecule has 0 aromatic heterocycles. The van der Waals surface area contributed by atoms with Crippen molar-refractivity contribution in [2.24, 2.45) is 5.10 Å². The van der Waals surface area contributed by atoms with Gasteiger partial charge in [0.1, 0.15) is 6.61 Å². The molecule has 6 nitrogen and oxygen atoms in total. The highest BCUT2D eigenvalue weighted by molar-refractivity contribution is 14.1. The van der Waals surface area contributed by atoms with Crippen LogP contribution in [0.3, 0.4) is 0 Å². The zero-order valence-corrected chi connectivity index (χ0v) is 20.4. The summed E-state index contributed by atoms with van der Waals surface area (Å²) in [5, 5.41) is 8.07. The summed E-state index contributed by atoms with van der Waals surface area (Å²) >= 11 is 8.13. The van der Waals surface area contributed by atoms with E-state index in [1.54, 1.807) is 13.3 Å². The number of carbonyl (C=O) groups is 1. The van der Waals surface area contributed by atoms with Crippen molar-refractivity contribution in [3.05, 3.63) is 56.1 Å². The van der Waals surface area contributed by atoms with Gasteiger partial charge in [0.2, 0.25) is 0 Å². The van der Waals surface area contributed by atoms with Gasteiger partial charge in [-0.15, -0.1) is 0 Å². The molecule has 2 N–H and O–H groups in total. The van der Waals surface area contributed by atoms with Gasteiger partial charge in [-0.3, -0.25) is 4.79 Å². The van der Waals surface area contributed by atoms with Crippen LogP contribution in [0.4, 0.5) is 0 Å². The summed E-state index contributed by atoms with van der Waals surface area (Å²) in [6, 6.07) is 11.7. The van der Waals surface area contributed by atoms with Gasteiger partial charge in [0.25, 0.3) is 5.91 Å². The van der Waals surface area contributed by atoms with Gasteiger partial charge >= 0.3 is 0 Å². The number of hydrogen-bond acceptors (Lipinski definition) is 5. The molecule has 1 saturated carbocycles. The lowest BCUT2D eigenvalue weighted by Crippen LogP contribution is -2.38. The molecule has 0 radical (unpaired) electrons. The highest BCUT2D eigenvalue weighted by Crippen LogP contribution is 2.34. The Bertz CT molecular complexity index is 900. The van der Waals surface area contributed by atoms with E-state index in [9.17, 15) is 4.79 Å². The first-order valence-electron chi connectivity index (χ1n) is 10.3. The van der Waals surface area contributed by atoms with Crippen LogP contribution in [0.15, 0.2) is 41.5 Å². The van der Waals surface area contributed by atoms with E-state index in [0.29, 0.717) is 29.2 Å².